The first kappa shape index (κ1) is 19.8. The Labute approximate surface area is 178 Å². The molecule has 7 heteroatoms. The van der Waals surface area contributed by atoms with Crippen molar-refractivity contribution < 1.29 is 4.79 Å². The Balaban J connectivity index is 1.63. The molecule has 1 aromatic carbocycles. The molecule has 0 radical (unpaired) electrons. The first-order chi connectivity index (χ1) is 14.0. The number of likely N-dealkylation sites (N-methyl/N-ethyl adjacent to an activating group) is 1. The number of rotatable bonds is 8. The van der Waals surface area contributed by atoms with Gasteiger partial charge >= 0.3 is 0 Å². The van der Waals surface area contributed by atoms with Crippen LogP contribution in [0.3, 0.4) is 0 Å². The minimum atomic E-state index is 0.128. The number of fused-ring (bicyclic) bond motifs is 1. The van der Waals surface area contributed by atoms with Gasteiger partial charge in [0.2, 0.25) is 0 Å². The molecule has 3 aromatic rings. The van der Waals surface area contributed by atoms with E-state index in [1.165, 1.54) is 0 Å². The van der Waals surface area contributed by atoms with E-state index in [9.17, 15) is 4.79 Å². The van der Waals surface area contributed by atoms with Crippen molar-refractivity contribution in [2.45, 2.75) is 12.8 Å². The molecule has 0 bridgehead atoms. The van der Waals surface area contributed by atoms with E-state index < -0.39 is 0 Å². The minimum Gasteiger partial charge on any atom is -0.369 e. The van der Waals surface area contributed by atoms with Gasteiger partial charge in [-0.05, 0) is 57.3 Å². The number of anilines is 3. The monoisotopic (exact) mass is 453 g/mol. The Kier molecular flexibility index (Phi) is 5.78. The molecule has 1 aliphatic rings. The highest BCUT2D eigenvalue weighted by Crippen LogP contribution is 2.38. The molecule has 6 nitrogen and oxygen atoms in total. The maximum atomic E-state index is 12.9. The minimum absolute atomic E-state index is 0.128. The highest BCUT2D eigenvalue weighted by molar-refractivity contribution is 9.10. The Morgan fingerprint density at radius 3 is 2.69 bits per heavy atom. The summed E-state index contributed by atoms with van der Waals surface area (Å²) >= 11 is 3.53. The van der Waals surface area contributed by atoms with Crippen molar-refractivity contribution in [1.29, 1.82) is 0 Å². The lowest BCUT2D eigenvalue weighted by Crippen LogP contribution is -2.21. The second kappa shape index (κ2) is 8.47. The number of nitrogens with zero attached hydrogens (tertiary/aromatic N) is 3. The Morgan fingerprint density at radius 1 is 1.17 bits per heavy atom. The van der Waals surface area contributed by atoms with Gasteiger partial charge < -0.3 is 15.5 Å². The van der Waals surface area contributed by atoms with Gasteiger partial charge in [-0.1, -0.05) is 15.9 Å². The average molecular weight is 454 g/mol. The van der Waals surface area contributed by atoms with Crippen LogP contribution >= 0.6 is 15.9 Å². The predicted molar refractivity (Wildman–Crippen MR) is 121 cm³/mol. The summed E-state index contributed by atoms with van der Waals surface area (Å²) in [7, 11) is 4.08. The van der Waals surface area contributed by atoms with Gasteiger partial charge in [-0.25, -0.2) is 4.98 Å². The van der Waals surface area contributed by atoms with Gasteiger partial charge in [-0.2, -0.15) is 0 Å². The molecule has 0 spiro atoms. The van der Waals surface area contributed by atoms with Gasteiger partial charge in [-0.3, -0.25) is 9.78 Å². The molecule has 2 N–H and O–H groups in total. The molecule has 2 heterocycles. The van der Waals surface area contributed by atoms with Crippen molar-refractivity contribution in [3.8, 4) is 0 Å². The highest BCUT2D eigenvalue weighted by Gasteiger charge is 2.32. The Bertz CT molecular complexity index is 1030. The standard InChI is InChI=1S/C22H24BrN5O/c1-28(2)10-9-24-20-8-6-16(12-26-20)27-21-17-11-15(23)5-7-19(17)25-13-18(21)22(29)14-3-4-14/h5-8,11-14H,3-4,9-10H2,1-2H3,(H,24,26)(H,25,27). The number of pyridine rings is 2. The highest BCUT2D eigenvalue weighted by atomic mass is 79.9. The SMILES string of the molecule is CN(C)CCNc1ccc(Nc2c(C(=O)C3CC3)cnc3ccc(Br)cc23)cn1. The maximum Gasteiger partial charge on any atom is 0.169 e. The predicted octanol–water partition coefficient (Wildman–Crippen LogP) is 4.70. The van der Waals surface area contributed by atoms with Crippen molar-refractivity contribution in [3.05, 3.63) is 52.8 Å². The van der Waals surface area contributed by atoms with Crippen LogP contribution in [0.2, 0.25) is 0 Å². The van der Waals surface area contributed by atoms with Gasteiger partial charge in [0.1, 0.15) is 5.82 Å². The molecule has 1 aliphatic carbocycles. The van der Waals surface area contributed by atoms with Crippen LogP contribution in [-0.4, -0.2) is 47.8 Å². The summed E-state index contributed by atoms with van der Waals surface area (Å²) in [5, 5.41) is 7.65. The van der Waals surface area contributed by atoms with Crippen molar-refractivity contribution in [1.82, 2.24) is 14.9 Å². The molecule has 150 valence electrons. The summed E-state index contributed by atoms with van der Waals surface area (Å²) in [6.45, 7) is 1.77. The third kappa shape index (κ3) is 4.74. The first-order valence-electron chi connectivity index (χ1n) is 9.75. The van der Waals surface area contributed by atoms with Gasteiger partial charge in [-0.15, -0.1) is 0 Å². The first-order valence-corrected chi connectivity index (χ1v) is 10.5. The number of ketones is 1. The molecular weight excluding hydrogens is 430 g/mol. The zero-order valence-corrected chi connectivity index (χ0v) is 18.2. The lowest BCUT2D eigenvalue weighted by Gasteiger charge is -2.15. The van der Waals surface area contributed by atoms with Crippen LogP contribution in [0.15, 0.2) is 47.2 Å². The van der Waals surface area contributed by atoms with Crippen LogP contribution in [0.1, 0.15) is 23.2 Å². The van der Waals surface area contributed by atoms with E-state index in [0.29, 0.717) is 5.56 Å². The van der Waals surface area contributed by atoms with Crippen molar-refractivity contribution in [3.63, 3.8) is 0 Å². The smallest absolute Gasteiger partial charge is 0.169 e. The van der Waals surface area contributed by atoms with Gasteiger partial charge in [0.15, 0.2) is 5.78 Å². The third-order valence-electron chi connectivity index (χ3n) is 4.94. The van der Waals surface area contributed by atoms with Crippen molar-refractivity contribution in [2.24, 2.45) is 5.92 Å². The molecule has 1 saturated carbocycles. The Morgan fingerprint density at radius 2 is 2.00 bits per heavy atom. The molecule has 4 rings (SSSR count). The van der Waals surface area contributed by atoms with Gasteiger partial charge in [0.05, 0.1) is 28.7 Å². The zero-order valence-electron chi connectivity index (χ0n) is 16.6. The van der Waals surface area contributed by atoms with Gasteiger partial charge in [0, 0.05) is 35.1 Å². The number of benzene rings is 1. The zero-order chi connectivity index (χ0) is 20.4. The lowest BCUT2D eigenvalue weighted by atomic mass is 10.0. The lowest BCUT2D eigenvalue weighted by molar-refractivity contribution is 0.0968. The number of nitrogens with one attached hydrogen (secondary N) is 2. The van der Waals surface area contributed by atoms with E-state index in [4.69, 9.17) is 0 Å². The fourth-order valence-electron chi connectivity index (χ4n) is 3.18. The largest absolute Gasteiger partial charge is 0.369 e. The summed E-state index contributed by atoms with van der Waals surface area (Å²) < 4.78 is 0.949. The van der Waals surface area contributed by atoms with E-state index in [2.05, 4.69) is 41.4 Å². The molecule has 0 unspecified atom stereocenters. The summed E-state index contributed by atoms with van der Waals surface area (Å²) in [5.41, 5.74) is 3.12. The number of hydrogen-bond donors (Lipinski definition) is 2. The molecule has 2 aromatic heterocycles. The topological polar surface area (TPSA) is 70.2 Å². The fourth-order valence-corrected chi connectivity index (χ4v) is 3.54. The van der Waals surface area contributed by atoms with Crippen molar-refractivity contribution >= 4 is 49.8 Å². The van der Waals surface area contributed by atoms with Crippen LogP contribution in [-0.2, 0) is 0 Å². The van der Waals surface area contributed by atoms with Crippen LogP contribution in [0.4, 0.5) is 17.2 Å². The second-order valence-electron chi connectivity index (χ2n) is 7.63. The van der Waals surface area contributed by atoms with E-state index in [-0.39, 0.29) is 11.7 Å². The third-order valence-corrected chi connectivity index (χ3v) is 5.43. The molecule has 0 atom stereocenters. The molecule has 0 aliphatic heterocycles. The average Bonchev–Trinajstić information content (AvgIpc) is 3.54. The van der Waals surface area contributed by atoms with E-state index >= 15 is 0 Å². The van der Waals surface area contributed by atoms with Gasteiger partial charge in [0.25, 0.3) is 0 Å². The van der Waals surface area contributed by atoms with Crippen LogP contribution in [0.5, 0.6) is 0 Å². The molecule has 0 amide bonds. The van der Waals surface area contributed by atoms with E-state index in [1.54, 1.807) is 12.4 Å². The Hall–Kier alpha value is -2.51. The number of Topliss-reactive ketones (excluding diaryl/α,β-unsaturated/α-hetero) is 1. The number of carbonyl (C=O) groups is 1. The summed E-state index contributed by atoms with van der Waals surface area (Å²) in [5.74, 6) is 1.12. The molecule has 29 heavy (non-hydrogen) atoms. The number of hydrogen-bond acceptors (Lipinski definition) is 6. The fraction of sp³-hybridized carbons (Fsp3) is 0.318. The van der Waals surface area contributed by atoms with Crippen LogP contribution in [0.25, 0.3) is 10.9 Å². The molecular formula is C22H24BrN5O. The molecule has 0 saturated heterocycles. The second-order valence-corrected chi connectivity index (χ2v) is 8.55. The van der Waals surface area contributed by atoms with Crippen LogP contribution in [0, 0.1) is 5.92 Å². The molecule has 1 fully saturated rings. The summed E-state index contributed by atoms with van der Waals surface area (Å²) in [4.78, 5) is 24.0. The quantitative estimate of drug-likeness (QED) is 0.481. The van der Waals surface area contributed by atoms with E-state index in [0.717, 1.165) is 58.5 Å². The van der Waals surface area contributed by atoms with Crippen LogP contribution < -0.4 is 10.6 Å². The summed E-state index contributed by atoms with van der Waals surface area (Å²) in [6.07, 6.45) is 5.41. The van der Waals surface area contributed by atoms with Crippen molar-refractivity contribution in [2.75, 3.05) is 37.8 Å². The number of aromatic nitrogens is 2. The number of carbonyl (C=O) groups excluding carboxylic acids is 1. The number of halogens is 1. The van der Waals surface area contributed by atoms with E-state index in [1.807, 2.05) is 44.4 Å². The maximum absolute atomic E-state index is 12.9. The summed E-state index contributed by atoms with van der Waals surface area (Å²) in [6, 6.07) is 9.82. The normalized spacial score (nSPS) is 13.7.